The molecular weight excluding hydrogens is 342 g/mol. The largest absolute Gasteiger partial charge is 0.493 e. The molecule has 2 aromatic rings. The van der Waals surface area contributed by atoms with Crippen molar-refractivity contribution in [1.82, 2.24) is 0 Å². The Bertz CT molecular complexity index is 688. The van der Waals surface area contributed by atoms with Crippen LogP contribution in [0.4, 0.5) is 0 Å². The van der Waals surface area contributed by atoms with E-state index >= 15 is 0 Å². The zero-order valence-electron chi connectivity index (χ0n) is 16.9. The van der Waals surface area contributed by atoms with Crippen molar-refractivity contribution >= 4 is 0 Å². The van der Waals surface area contributed by atoms with Gasteiger partial charge in [-0.1, -0.05) is 26.0 Å². The van der Waals surface area contributed by atoms with Crippen molar-refractivity contribution in [2.75, 3.05) is 34.0 Å². The molecule has 27 heavy (non-hydrogen) atoms. The highest BCUT2D eigenvalue weighted by molar-refractivity contribution is 5.42. The van der Waals surface area contributed by atoms with Crippen molar-refractivity contribution in [2.45, 2.75) is 26.8 Å². The van der Waals surface area contributed by atoms with Crippen LogP contribution in [0, 0.1) is 5.92 Å². The Morgan fingerprint density at radius 2 is 1.48 bits per heavy atom. The minimum Gasteiger partial charge on any atom is -0.493 e. The number of ether oxygens (including phenoxy) is 4. The van der Waals surface area contributed by atoms with Gasteiger partial charge in [0.15, 0.2) is 23.0 Å². The predicted octanol–water partition coefficient (Wildman–Crippen LogP) is 3.27. The van der Waals surface area contributed by atoms with E-state index in [9.17, 15) is 0 Å². The average molecular weight is 375 g/mol. The third kappa shape index (κ3) is 7.02. The molecule has 0 saturated heterocycles. The Labute approximate surface area is 162 Å². The Hall–Kier alpha value is -2.40. The summed E-state index contributed by atoms with van der Waals surface area (Å²) in [6, 6.07) is 13.8. The van der Waals surface area contributed by atoms with Gasteiger partial charge in [0.25, 0.3) is 0 Å². The first-order valence-electron chi connectivity index (χ1n) is 9.51. The Kier molecular flexibility index (Phi) is 8.78. The van der Waals surface area contributed by atoms with Crippen molar-refractivity contribution in [3.8, 4) is 23.0 Å². The summed E-state index contributed by atoms with van der Waals surface area (Å²) in [6.45, 7) is 7.42. The van der Waals surface area contributed by atoms with Crippen molar-refractivity contribution in [3.63, 3.8) is 0 Å². The molecule has 0 bridgehead atoms. The molecule has 5 nitrogen and oxygen atoms in total. The maximum Gasteiger partial charge on any atom is 0.161 e. The number of methoxy groups -OCH3 is 2. The fraction of sp³-hybridized carbons (Fsp3) is 0.455. The molecule has 148 valence electrons. The fourth-order valence-electron chi connectivity index (χ4n) is 2.62. The molecule has 0 unspecified atom stereocenters. The second-order valence-corrected chi connectivity index (χ2v) is 6.80. The molecule has 0 radical (unpaired) electrons. The van der Waals surface area contributed by atoms with Gasteiger partial charge >= 0.3 is 0 Å². The first kappa shape index (κ1) is 20.9. The normalized spacial score (nSPS) is 10.7. The molecule has 0 atom stereocenters. The quantitative estimate of drug-likeness (QED) is 0.580. The SMILES string of the molecule is COc1ccccc1OCC[NH2+]Cc1ccc(OCCC(C)C)c(OC)c1. The van der Waals surface area contributed by atoms with E-state index in [1.165, 1.54) is 5.56 Å². The van der Waals surface area contributed by atoms with Crippen LogP contribution in [0.3, 0.4) is 0 Å². The van der Waals surface area contributed by atoms with Crippen LogP contribution < -0.4 is 24.3 Å². The molecule has 0 aliphatic heterocycles. The number of para-hydroxylation sites is 2. The van der Waals surface area contributed by atoms with Crippen LogP contribution in [0.25, 0.3) is 0 Å². The summed E-state index contributed by atoms with van der Waals surface area (Å²) in [4.78, 5) is 0. The van der Waals surface area contributed by atoms with E-state index in [4.69, 9.17) is 18.9 Å². The van der Waals surface area contributed by atoms with Crippen molar-refractivity contribution in [1.29, 1.82) is 0 Å². The number of hydrogen-bond donors (Lipinski definition) is 1. The third-order valence-electron chi connectivity index (χ3n) is 4.21. The van der Waals surface area contributed by atoms with E-state index in [1.54, 1.807) is 14.2 Å². The topological polar surface area (TPSA) is 53.5 Å². The zero-order valence-corrected chi connectivity index (χ0v) is 16.9. The van der Waals surface area contributed by atoms with Gasteiger partial charge in [0.2, 0.25) is 0 Å². The van der Waals surface area contributed by atoms with E-state index in [0.717, 1.165) is 42.5 Å². The second kappa shape index (κ2) is 11.3. The molecule has 2 aromatic carbocycles. The molecule has 0 aliphatic rings. The van der Waals surface area contributed by atoms with Gasteiger partial charge in [0.1, 0.15) is 19.7 Å². The zero-order chi connectivity index (χ0) is 19.5. The van der Waals surface area contributed by atoms with Crippen LogP contribution in [0.2, 0.25) is 0 Å². The van der Waals surface area contributed by atoms with Gasteiger partial charge in [-0.25, -0.2) is 0 Å². The molecule has 0 aromatic heterocycles. The summed E-state index contributed by atoms with van der Waals surface area (Å²) in [5, 5.41) is 2.21. The summed E-state index contributed by atoms with van der Waals surface area (Å²) in [6.07, 6.45) is 1.03. The van der Waals surface area contributed by atoms with Gasteiger partial charge in [-0.05, 0) is 42.7 Å². The molecule has 2 N–H and O–H groups in total. The van der Waals surface area contributed by atoms with E-state index in [-0.39, 0.29) is 0 Å². The summed E-state index contributed by atoms with van der Waals surface area (Å²) >= 11 is 0. The monoisotopic (exact) mass is 374 g/mol. The Morgan fingerprint density at radius 1 is 0.815 bits per heavy atom. The van der Waals surface area contributed by atoms with Crippen molar-refractivity contribution in [3.05, 3.63) is 48.0 Å². The summed E-state index contributed by atoms with van der Waals surface area (Å²) < 4.78 is 22.4. The number of rotatable bonds is 12. The maximum atomic E-state index is 5.84. The fourth-order valence-corrected chi connectivity index (χ4v) is 2.62. The first-order chi connectivity index (χ1) is 13.1. The van der Waals surface area contributed by atoms with Crippen LogP contribution in [0.15, 0.2) is 42.5 Å². The number of benzene rings is 2. The van der Waals surface area contributed by atoms with Gasteiger partial charge in [-0.3, -0.25) is 0 Å². The van der Waals surface area contributed by atoms with Crippen LogP contribution in [-0.2, 0) is 6.54 Å². The molecule has 0 spiro atoms. The van der Waals surface area contributed by atoms with Gasteiger partial charge in [0, 0.05) is 5.56 Å². The van der Waals surface area contributed by atoms with Crippen LogP contribution in [0.5, 0.6) is 23.0 Å². The van der Waals surface area contributed by atoms with Gasteiger partial charge in [-0.15, -0.1) is 0 Å². The number of hydrogen-bond acceptors (Lipinski definition) is 4. The van der Waals surface area contributed by atoms with Gasteiger partial charge in [-0.2, -0.15) is 0 Å². The Balaban J connectivity index is 1.76. The molecule has 0 amide bonds. The molecule has 0 aliphatic carbocycles. The maximum absolute atomic E-state index is 5.84. The summed E-state index contributed by atoms with van der Waals surface area (Å²) in [5.74, 6) is 3.76. The number of quaternary nitrogens is 1. The molecular formula is C22H32NO4+. The van der Waals surface area contributed by atoms with E-state index in [2.05, 4.69) is 25.2 Å². The van der Waals surface area contributed by atoms with Gasteiger partial charge in [0.05, 0.1) is 20.8 Å². The highest BCUT2D eigenvalue weighted by atomic mass is 16.5. The lowest BCUT2D eigenvalue weighted by atomic mass is 10.1. The lowest BCUT2D eigenvalue weighted by molar-refractivity contribution is -0.671. The second-order valence-electron chi connectivity index (χ2n) is 6.80. The lowest BCUT2D eigenvalue weighted by Gasteiger charge is -2.13. The molecule has 5 heteroatoms. The average Bonchev–Trinajstić information content (AvgIpc) is 2.68. The molecule has 0 heterocycles. The molecule has 0 fully saturated rings. The highest BCUT2D eigenvalue weighted by Gasteiger charge is 2.08. The third-order valence-corrected chi connectivity index (χ3v) is 4.21. The van der Waals surface area contributed by atoms with Crippen LogP contribution >= 0.6 is 0 Å². The van der Waals surface area contributed by atoms with E-state index < -0.39 is 0 Å². The first-order valence-corrected chi connectivity index (χ1v) is 9.51. The van der Waals surface area contributed by atoms with Crippen molar-refractivity contribution < 1.29 is 24.3 Å². The molecule has 0 saturated carbocycles. The van der Waals surface area contributed by atoms with Crippen LogP contribution in [0.1, 0.15) is 25.8 Å². The smallest absolute Gasteiger partial charge is 0.161 e. The number of nitrogens with two attached hydrogens (primary N) is 1. The van der Waals surface area contributed by atoms with Crippen LogP contribution in [-0.4, -0.2) is 34.0 Å². The predicted molar refractivity (Wildman–Crippen MR) is 107 cm³/mol. The summed E-state index contributed by atoms with van der Waals surface area (Å²) in [7, 11) is 3.33. The summed E-state index contributed by atoms with van der Waals surface area (Å²) in [5.41, 5.74) is 1.19. The Morgan fingerprint density at radius 3 is 2.19 bits per heavy atom. The standard InChI is InChI=1S/C22H31NO4/c1-17(2)11-13-26-21-10-9-18(15-22(21)25-4)16-23-12-14-27-20-8-6-5-7-19(20)24-3/h5-10,15,17,23H,11-14,16H2,1-4H3/p+1. The highest BCUT2D eigenvalue weighted by Crippen LogP contribution is 2.28. The van der Waals surface area contributed by atoms with E-state index in [1.807, 2.05) is 36.4 Å². The minimum atomic E-state index is 0.619. The lowest BCUT2D eigenvalue weighted by Crippen LogP contribution is -2.83. The van der Waals surface area contributed by atoms with Crippen molar-refractivity contribution in [2.24, 2.45) is 5.92 Å². The minimum absolute atomic E-state index is 0.619. The molecule has 2 rings (SSSR count). The van der Waals surface area contributed by atoms with Gasteiger partial charge < -0.3 is 24.3 Å². The van der Waals surface area contributed by atoms with E-state index in [0.29, 0.717) is 19.1 Å².